The van der Waals surface area contributed by atoms with Gasteiger partial charge in [-0.3, -0.25) is 9.78 Å². The molecule has 86 valence electrons. The number of aromatic nitrogens is 2. The van der Waals surface area contributed by atoms with E-state index in [1.165, 1.54) is 13.3 Å². The maximum atomic E-state index is 12.2. The molecule has 0 aliphatic heterocycles. The molecule has 17 heavy (non-hydrogen) atoms. The summed E-state index contributed by atoms with van der Waals surface area (Å²) in [5.74, 6) is 0.289. The molecule has 0 aliphatic rings. The maximum Gasteiger partial charge on any atom is 0.216 e. The molecular formula is C13H12N2O2. The summed E-state index contributed by atoms with van der Waals surface area (Å²) in [6.45, 7) is 1.89. The molecule has 0 atom stereocenters. The minimum Gasteiger partial charge on any atom is -0.494 e. The molecule has 0 bridgehead atoms. The normalized spacial score (nSPS) is 10.0. The van der Waals surface area contributed by atoms with E-state index in [0.29, 0.717) is 17.0 Å². The van der Waals surface area contributed by atoms with E-state index in [2.05, 4.69) is 9.97 Å². The van der Waals surface area contributed by atoms with Gasteiger partial charge in [-0.15, -0.1) is 0 Å². The Hall–Kier alpha value is -2.23. The van der Waals surface area contributed by atoms with Gasteiger partial charge in [-0.05, 0) is 30.7 Å². The lowest BCUT2D eigenvalue weighted by Gasteiger charge is -2.06. The molecule has 0 N–H and O–H groups in total. The molecule has 0 saturated carbocycles. The van der Waals surface area contributed by atoms with Crippen molar-refractivity contribution >= 4 is 5.78 Å². The first-order valence-electron chi connectivity index (χ1n) is 5.17. The van der Waals surface area contributed by atoms with Gasteiger partial charge in [0.1, 0.15) is 5.75 Å². The average molecular weight is 228 g/mol. The van der Waals surface area contributed by atoms with E-state index >= 15 is 0 Å². The molecule has 2 aromatic rings. The fourth-order valence-corrected chi connectivity index (χ4v) is 1.54. The number of nitrogens with zero attached hydrogens (tertiary/aromatic N) is 2. The highest BCUT2D eigenvalue weighted by Gasteiger charge is 2.15. The third-order valence-corrected chi connectivity index (χ3v) is 2.34. The third-order valence-electron chi connectivity index (χ3n) is 2.34. The Labute approximate surface area is 99.3 Å². The second-order valence-corrected chi connectivity index (χ2v) is 3.63. The van der Waals surface area contributed by atoms with Crippen LogP contribution in [0.25, 0.3) is 0 Å². The average Bonchev–Trinajstić information content (AvgIpc) is 2.38. The molecular weight excluding hydrogens is 216 g/mol. The molecule has 0 unspecified atom stereocenters. The Morgan fingerprint density at radius 3 is 2.88 bits per heavy atom. The standard InChI is InChI=1S/C13H12N2O2/c1-9-6-10(8-14-7-9)13(16)12-11(17-2)4-3-5-15-12/h3-8H,1-2H3. The number of ether oxygens (including phenoxy) is 1. The summed E-state index contributed by atoms with van der Waals surface area (Å²) >= 11 is 0. The van der Waals surface area contributed by atoms with Gasteiger partial charge >= 0.3 is 0 Å². The minimum atomic E-state index is -0.182. The Morgan fingerprint density at radius 2 is 2.18 bits per heavy atom. The first kappa shape index (κ1) is 11.3. The fourth-order valence-electron chi connectivity index (χ4n) is 1.54. The first-order valence-corrected chi connectivity index (χ1v) is 5.17. The lowest BCUT2D eigenvalue weighted by atomic mass is 10.1. The van der Waals surface area contributed by atoms with Gasteiger partial charge in [-0.25, -0.2) is 4.98 Å². The molecule has 2 heterocycles. The van der Waals surface area contributed by atoms with Gasteiger partial charge in [0.05, 0.1) is 7.11 Å². The van der Waals surface area contributed by atoms with Crippen molar-refractivity contribution < 1.29 is 9.53 Å². The van der Waals surface area contributed by atoms with E-state index < -0.39 is 0 Å². The number of carbonyl (C=O) groups is 1. The first-order chi connectivity index (χ1) is 8.22. The molecule has 0 saturated heterocycles. The van der Waals surface area contributed by atoms with Crippen LogP contribution in [-0.2, 0) is 0 Å². The van der Waals surface area contributed by atoms with Crippen molar-refractivity contribution in [3.05, 3.63) is 53.6 Å². The highest BCUT2D eigenvalue weighted by atomic mass is 16.5. The summed E-state index contributed by atoms with van der Waals surface area (Å²) in [5, 5.41) is 0. The Bertz CT molecular complexity index is 553. The van der Waals surface area contributed by atoms with E-state index in [1.807, 2.05) is 6.92 Å². The minimum absolute atomic E-state index is 0.182. The highest BCUT2D eigenvalue weighted by molar-refractivity contribution is 6.09. The van der Waals surface area contributed by atoms with Gasteiger partial charge in [0.2, 0.25) is 5.78 Å². The maximum absolute atomic E-state index is 12.2. The van der Waals surface area contributed by atoms with E-state index in [1.54, 1.807) is 30.6 Å². The summed E-state index contributed by atoms with van der Waals surface area (Å²) < 4.78 is 5.11. The van der Waals surface area contributed by atoms with Crippen LogP contribution >= 0.6 is 0 Å². The topological polar surface area (TPSA) is 52.1 Å². The van der Waals surface area contributed by atoms with Crippen LogP contribution in [0.4, 0.5) is 0 Å². The van der Waals surface area contributed by atoms with Crippen LogP contribution in [0.5, 0.6) is 5.75 Å². The van der Waals surface area contributed by atoms with Crippen molar-refractivity contribution in [2.24, 2.45) is 0 Å². The van der Waals surface area contributed by atoms with E-state index in [9.17, 15) is 4.79 Å². The number of methoxy groups -OCH3 is 1. The zero-order valence-corrected chi connectivity index (χ0v) is 9.68. The Morgan fingerprint density at radius 1 is 1.35 bits per heavy atom. The van der Waals surface area contributed by atoms with Gasteiger partial charge in [-0.2, -0.15) is 0 Å². The molecule has 4 heteroatoms. The van der Waals surface area contributed by atoms with Gasteiger partial charge in [0.15, 0.2) is 5.69 Å². The predicted molar refractivity (Wildman–Crippen MR) is 63.2 cm³/mol. The molecule has 0 radical (unpaired) electrons. The second-order valence-electron chi connectivity index (χ2n) is 3.63. The van der Waals surface area contributed by atoms with Crippen LogP contribution in [0.1, 0.15) is 21.6 Å². The van der Waals surface area contributed by atoms with Crippen molar-refractivity contribution in [3.63, 3.8) is 0 Å². The summed E-state index contributed by atoms with van der Waals surface area (Å²) in [5.41, 5.74) is 1.76. The van der Waals surface area contributed by atoms with E-state index in [0.717, 1.165) is 5.56 Å². The largest absolute Gasteiger partial charge is 0.494 e. The predicted octanol–water partition coefficient (Wildman–Crippen LogP) is 2.02. The van der Waals surface area contributed by atoms with E-state index in [-0.39, 0.29) is 5.78 Å². The third kappa shape index (κ3) is 2.30. The fraction of sp³-hybridized carbons (Fsp3) is 0.154. The number of hydrogen-bond donors (Lipinski definition) is 0. The zero-order valence-electron chi connectivity index (χ0n) is 9.68. The van der Waals surface area contributed by atoms with Gasteiger partial charge in [0, 0.05) is 24.2 Å². The van der Waals surface area contributed by atoms with Crippen molar-refractivity contribution in [2.75, 3.05) is 7.11 Å². The van der Waals surface area contributed by atoms with Gasteiger partial charge in [-0.1, -0.05) is 0 Å². The summed E-state index contributed by atoms with van der Waals surface area (Å²) in [4.78, 5) is 20.2. The number of carbonyl (C=O) groups excluding carboxylic acids is 1. The monoisotopic (exact) mass is 228 g/mol. The van der Waals surface area contributed by atoms with Crippen LogP contribution in [0.2, 0.25) is 0 Å². The van der Waals surface area contributed by atoms with Crippen molar-refractivity contribution in [1.82, 2.24) is 9.97 Å². The Kier molecular flexibility index (Phi) is 3.14. The lowest BCUT2D eigenvalue weighted by Crippen LogP contribution is -2.07. The summed E-state index contributed by atoms with van der Waals surface area (Å²) in [6.07, 6.45) is 4.80. The number of hydrogen-bond acceptors (Lipinski definition) is 4. The Balaban J connectivity index is 2.44. The molecule has 2 rings (SSSR count). The molecule has 0 spiro atoms. The van der Waals surface area contributed by atoms with Crippen LogP contribution < -0.4 is 4.74 Å². The molecule has 0 amide bonds. The van der Waals surface area contributed by atoms with Crippen LogP contribution in [0.3, 0.4) is 0 Å². The van der Waals surface area contributed by atoms with Crippen molar-refractivity contribution in [3.8, 4) is 5.75 Å². The quantitative estimate of drug-likeness (QED) is 0.754. The number of rotatable bonds is 3. The summed E-state index contributed by atoms with van der Waals surface area (Å²) in [6, 6.07) is 5.22. The smallest absolute Gasteiger partial charge is 0.216 e. The lowest BCUT2D eigenvalue weighted by molar-refractivity contribution is 0.103. The SMILES string of the molecule is COc1cccnc1C(=O)c1cncc(C)c1. The van der Waals surface area contributed by atoms with Crippen LogP contribution in [-0.4, -0.2) is 22.9 Å². The van der Waals surface area contributed by atoms with E-state index in [4.69, 9.17) is 4.74 Å². The van der Waals surface area contributed by atoms with Crippen molar-refractivity contribution in [2.45, 2.75) is 6.92 Å². The number of ketones is 1. The second kappa shape index (κ2) is 4.74. The van der Waals surface area contributed by atoms with Crippen LogP contribution in [0.15, 0.2) is 36.8 Å². The molecule has 0 fully saturated rings. The summed E-state index contributed by atoms with van der Waals surface area (Å²) in [7, 11) is 1.52. The van der Waals surface area contributed by atoms with Gasteiger partial charge < -0.3 is 4.74 Å². The molecule has 2 aromatic heterocycles. The van der Waals surface area contributed by atoms with Crippen LogP contribution in [0, 0.1) is 6.92 Å². The zero-order chi connectivity index (χ0) is 12.3. The number of aryl methyl sites for hydroxylation is 1. The highest BCUT2D eigenvalue weighted by Crippen LogP contribution is 2.18. The molecule has 0 aromatic carbocycles. The molecule has 4 nitrogen and oxygen atoms in total. The number of pyridine rings is 2. The van der Waals surface area contributed by atoms with Gasteiger partial charge in [0.25, 0.3) is 0 Å². The molecule has 0 aliphatic carbocycles. The van der Waals surface area contributed by atoms with Crippen molar-refractivity contribution in [1.29, 1.82) is 0 Å².